The summed E-state index contributed by atoms with van der Waals surface area (Å²) in [6.07, 6.45) is 3.47. The number of likely N-dealkylation sites (tertiary alicyclic amines) is 1. The largest absolute Gasteiger partial charge is 0.409 e. The molecule has 2 aliphatic rings. The number of hydrogen-bond acceptors (Lipinski definition) is 4. The van der Waals surface area contributed by atoms with Crippen LogP contribution in [0.25, 0.3) is 0 Å². The maximum atomic E-state index is 12.4. The molecule has 2 saturated heterocycles. The molecule has 20 heavy (non-hydrogen) atoms. The van der Waals surface area contributed by atoms with Gasteiger partial charge in [0.05, 0.1) is 6.04 Å². The zero-order valence-electron chi connectivity index (χ0n) is 12.2. The molecule has 7 nitrogen and oxygen atoms in total. The number of rotatable bonds is 2. The van der Waals surface area contributed by atoms with Gasteiger partial charge in [0, 0.05) is 39.3 Å². The fraction of sp³-hybridized carbons (Fsp3) is 0.846. The number of nitrogens with two attached hydrogens (primary N) is 1. The van der Waals surface area contributed by atoms with Crippen molar-refractivity contribution in [3.8, 4) is 0 Å². The molecule has 2 rings (SSSR count). The SMILES string of the molecule is CC(C(N)=NO)N1CCN(C(=O)N2CCCCC2)CC1. The summed E-state index contributed by atoms with van der Waals surface area (Å²) in [5.74, 6) is 0.223. The van der Waals surface area contributed by atoms with Crippen LogP contribution < -0.4 is 5.73 Å². The average Bonchev–Trinajstić information content (AvgIpc) is 2.53. The molecule has 1 atom stereocenters. The van der Waals surface area contributed by atoms with Crippen molar-refractivity contribution in [3.63, 3.8) is 0 Å². The maximum Gasteiger partial charge on any atom is 0.320 e. The van der Waals surface area contributed by atoms with Gasteiger partial charge in [0.25, 0.3) is 0 Å². The van der Waals surface area contributed by atoms with E-state index in [2.05, 4.69) is 10.1 Å². The van der Waals surface area contributed by atoms with Crippen molar-refractivity contribution in [2.24, 2.45) is 10.9 Å². The van der Waals surface area contributed by atoms with E-state index in [0.29, 0.717) is 13.1 Å². The first kappa shape index (κ1) is 14.9. The Bertz CT molecular complexity index is 360. The van der Waals surface area contributed by atoms with Gasteiger partial charge >= 0.3 is 6.03 Å². The molecule has 2 aliphatic heterocycles. The second kappa shape index (κ2) is 6.78. The number of hydrogen-bond donors (Lipinski definition) is 2. The Hall–Kier alpha value is -1.50. The summed E-state index contributed by atoms with van der Waals surface area (Å²) in [5, 5.41) is 11.8. The van der Waals surface area contributed by atoms with E-state index < -0.39 is 0 Å². The van der Waals surface area contributed by atoms with Gasteiger partial charge in [-0.25, -0.2) is 4.79 Å². The minimum absolute atomic E-state index is 0.0905. The van der Waals surface area contributed by atoms with Crippen LogP contribution in [0, 0.1) is 0 Å². The van der Waals surface area contributed by atoms with Crippen LogP contribution in [0.4, 0.5) is 4.79 Å². The Morgan fingerprint density at radius 2 is 1.60 bits per heavy atom. The number of piperidine rings is 1. The van der Waals surface area contributed by atoms with Crippen molar-refractivity contribution < 1.29 is 10.0 Å². The smallest absolute Gasteiger partial charge is 0.320 e. The van der Waals surface area contributed by atoms with E-state index in [4.69, 9.17) is 10.9 Å². The number of carbonyl (C=O) groups is 1. The van der Waals surface area contributed by atoms with Crippen LogP contribution in [0.2, 0.25) is 0 Å². The Kier molecular flexibility index (Phi) is 5.05. The van der Waals surface area contributed by atoms with Gasteiger partial charge < -0.3 is 20.7 Å². The number of piperazine rings is 1. The molecule has 0 aromatic heterocycles. The van der Waals surface area contributed by atoms with Crippen molar-refractivity contribution in [3.05, 3.63) is 0 Å². The van der Waals surface area contributed by atoms with Crippen LogP contribution in [0.5, 0.6) is 0 Å². The number of oxime groups is 1. The van der Waals surface area contributed by atoms with E-state index >= 15 is 0 Å². The highest BCUT2D eigenvalue weighted by atomic mass is 16.4. The molecule has 0 saturated carbocycles. The van der Waals surface area contributed by atoms with Crippen LogP contribution in [-0.2, 0) is 0 Å². The summed E-state index contributed by atoms with van der Waals surface area (Å²) in [5.41, 5.74) is 5.63. The van der Waals surface area contributed by atoms with Crippen LogP contribution in [0.3, 0.4) is 0 Å². The standard InChI is InChI=1S/C13H25N5O2/c1-11(12(14)15-20)16-7-9-18(10-8-16)13(19)17-5-3-2-4-6-17/h11,20H,2-10H2,1H3,(H2,14,15). The van der Waals surface area contributed by atoms with Crippen molar-refractivity contribution in [2.75, 3.05) is 39.3 Å². The number of urea groups is 1. The van der Waals surface area contributed by atoms with Crippen molar-refractivity contribution >= 4 is 11.9 Å². The van der Waals surface area contributed by atoms with Crippen LogP contribution in [-0.4, -0.2) is 77.1 Å². The number of amidine groups is 1. The van der Waals surface area contributed by atoms with E-state index in [1.54, 1.807) is 0 Å². The first-order valence-electron chi connectivity index (χ1n) is 7.39. The highest BCUT2D eigenvalue weighted by Crippen LogP contribution is 2.13. The summed E-state index contributed by atoms with van der Waals surface area (Å²) in [6.45, 7) is 6.63. The van der Waals surface area contributed by atoms with Gasteiger partial charge in [-0.2, -0.15) is 0 Å². The summed E-state index contributed by atoms with van der Waals surface area (Å²) in [4.78, 5) is 18.4. The van der Waals surface area contributed by atoms with Gasteiger partial charge in [0.1, 0.15) is 0 Å². The Labute approximate surface area is 120 Å². The second-order valence-electron chi connectivity index (χ2n) is 5.55. The Morgan fingerprint density at radius 3 is 2.15 bits per heavy atom. The lowest BCUT2D eigenvalue weighted by molar-refractivity contribution is 0.102. The second-order valence-corrected chi connectivity index (χ2v) is 5.55. The van der Waals surface area contributed by atoms with Crippen LogP contribution >= 0.6 is 0 Å². The van der Waals surface area contributed by atoms with E-state index in [1.165, 1.54) is 6.42 Å². The lowest BCUT2D eigenvalue weighted by atomic mass is 10.1. The third-order valence-corrected chi connectivity index (χ3v) is 4.30. The van der Waals surface area contributed by atoms with E-state index in [0.717, 1.165) is 39.0 Å². The normalized spacial score (nSPS) is 23.8. The fourth-order valence-corrected chi connectivity index (χ4v) is 2.86. The molecular weight excluding hydrogens is 258 g/mol. The van der Waals surface area contributed by atoms with Crippen LogP contribution in [0.15, 0.2) is 5.16 Å². The molecule has 114 valence electrons. The number of carbonyl (C=O) groups excluding carboxylic acids is 1. The summed E-state index contributed by atoms with van der Waals surface area (Å²) in [6, 6.07) is 0.0769. The van der Waals surface area contributed by atoms with Crippen molar-refractivity contribution in [1.82, 2.24) is 14.7 Å². The summed E-state index contributed by atoms with van der Waals surface area (Å²) in [7, 11) is 0. The molecule has 2 amide bonds. The lowest BCUT2D eigenvalue weighted by Gasteiger charge is -2.40. The van der Waals surface area contributed by atoms with E-state index in [9.17, 15) is 4.79 Å². The highest BCUT2D eigenvalue weighted by Gasteiger charge is 2.28. The molecule has 3 N–H and O–H groups in total. The van der Waals surface area contributed by atoms with Gasteiger partial charge in [-0.1, -0.05) is 5.16 Å². The number of nitrogens with zero attached hydrogens (tertiary/aromatic N) is 4. The molecule has 0 aromatic rings. The van der Waals surface area contributed by atoms with Gasteiger partial charge in [-0.05, 0) is 26.2 Å². The Morgan fingerprint density at radius 1 is 1.05 bits per heavy atom. The third-order valence-electron chi connectivity index (χ3n) is 4.30. The third kappa shape index (κ3) is 3.33. The molecule has 0 radical (unpaired) electrons. The molecule has 2 heterocycles. The molecule has 7 heteroatoms. The topological polar surface area (TPSA) is 85.4 Å². The highest BCUT2D eigenvalue weighted by molar-refractivity contribution is 5.84. The predicted molar refractivity (Wildman–Crippen MR) is 76.8 cm³/mol. The van der Waals surface area contributed by atoms with Gasteiger partial charge in [0.2, 0.25) is 0 Å². The molecule has 0 aliphatic carbocycles. The molecule has 1 unspecified atom stereocenters. The minimum Gasteiger partial charge on any atom is -0.409 e. The summed E-state index contributed by atoms with van der Waals surface area (Å²) < 4.78 is 0. The van der Waals surface area contributed by atoms with E-state index in [1.807, 2.05) is 16.7 Å². The van der Waals surface area contributed by atoms with Gasteiger partial charge in [-0.3, -0.25) is 4.90 Å². The van der Waals surface area contributed by atoms with Crippen LogP contribution in [0.1, 0.15) is 26.2 Å². The lowest BCUT2D eigenvalue weighted by Crippen LogP contribution is -2.57. The van der Waals surface area contributed by atoms with Crippen molar-refractivity contribution in [2.45, 2.75) is 32.2 Å². The summed E-state index contributed by atoms with van der Waals surface area (Å²) >= 11 is 0. The first-order valence-corrected chi connectivity index (χ1v) is 7.39. The quantitative estimate of drug-likeness (QED) is 0.331. The molecule has 0 bridgehead atoms. The van der Waals surface area contributed by atoms with E-state index in [-0.39, 0.29) is 17.9 Å². The zero-order valence-corrected chi connectivity index (χ0v) is 12.2. The number of amides is 2. The van der Waals surface area contributed by atoms with Gasteiger partial charge in [0.15, 0.2) is 5.84 Å². The Balaban J connectivity index is 1.83. The molecular formula is C13H25N5O2. The van der Waals surface area contributed by atoms with Gasteiger partial charge in [-0.15, -0.1) is 0 Å². The monoisotopic (exact) mass is 283 g/mol. The zero-order chi connectivity index (χ0) is 14.5. The predicted octanol–water partition coefficient (Wildman–Crippen LogP) is 0.345. The first-order chi connectivity index (χ1) is 9.63. The average molecular weight is 283 g/mol. The molecule has 0 spiro atoms. The molecule has 0 aromatic carbocycles. The fourth-order valence-electron chi connectivity index (χ4n) is 2.86. The molecule has 2 fully saturated rings. The van der Waals surface area contributed by atoms with Crippen molar-refractivity contribution in [1.29, 1.82) is 0 Å². The maximum absolute atomic E-state index is 12.4. The minimum atomic E-state index is -0.0905.